The van der Waals surface area contributed by atoms with Gasteiger partial charge in [0.25, 0.3) is 0 Å². The van der Waals surface area contributed by atoms with E-state index in [1.54, 1.807) is 6.07 Å². The lowest BCUT2D eigenvalue weighted by molar-refractivity contribution is 0.0939. The van der Waals surface area contributed by atoms with Gasteiger partial charge in [-0.15, -0.1) is 0 Å². The van der Waals surface area contributed by atoms with Crippen molar-refractivity contribution in [2.24, 2.45) is 11.7 Å². The molecule has 17 heavy (non-hydrogen) atoms. The number of nitrogens with two attached hydrogens (primary N) is 1. The smallest absolute Gasteiger partial charge is 0.127 e. The van der Waals surface area contributed by atoms with Crippen LogP contribution in [-0.2, 0) is 0 Å². The number of halogens is 1. The van der Waals surface area contributed by atoms with Gasteiger partial charge in [-0.05, 0) is 24.8 Å². The average Bonchev–Trinajstić information content (AvgIpc) is 2.30. The first-order valence-electron chi connectivity index (χ1n) is 6.37. The molecule has 0 radical (unpaired) electrons. The molecule has 0 bridgehead atoms. The fraction of sp³-hybridized carbons (Fsp3) is 0.571. The summed E-state index contributed by atoms with van der Waals surface area (Å²) in [6.07, 6.45) is 3.08. The highest BCUT2D eigenvalue weighted by Gasteiger charge is 2.30. The van der Waals surface area contributed by atoms with Gasteiger partial charge in [0.1, 0.15) is 17.7 Å². The molecule has 1 aromatic rings. The summed E-state index contributed by atoms with van der Waals surface area (Å²) in [6.45, 7) is 4.31. The van der Waals surface area contributed by atoms with E-state index in [0.717, 1.165) is 24.8 Å². The summed E-state index contributed by atoms with van der Waals surface area (Å²) >= 11 is 0. The van der Waals surface area contributed by atoms with Crippen molar-refractivity contribution in [2.45, 2.75) is 45.3 Å². The van der Waals surface area contributed by atoms with Crippen LogP contribution >= 0.6 is 0 Å². The van der Waals surface area contributed by atoms with Crippen molar-refractivity contribution < 1.29 is 9.13 Å². The fourth-order valence-corrected chi connectivity index (χ4v) is 2.61. The lowest BCUT2D eigenvalue weighted by Gasteiger charge is -2.34. The van der Waals surface area contributed by atoms with Gasteiger partial charge in [-0.3, -0.25) is 0 Å². The first kappa shape index (κ1) is 12.4. The third-order valence-electron chi connectivity index (χ3n) is 3.71. The summed E-state index contributed by atoms with van der Waals surface area (Å²) < 4.78 is 19.1. The quantitative estimate of drug-likeness (QED) is 0.874. The van der Waals surface area contributed by atoms with Gasteiger partial charge in [-0.2, -0.15) is 0 Å². The number of fused-ring (bicyclic) bond motifs is 1. The number of hydrogen-bond donors (Lipinski definition) is 1. The van der Waals surface area contributed by atoms with E-state index in [4.69, 9.17) is 10.5 Å². The van der Waals surface area contributed by atoms with Gasteiger partial charge in [0, 0.05) is 24.1 Å². The normalized spacial score (nSPS) is 23.4. The van der Waals surface area contributed by atoms with Crippen LogP contribution in [0.4, 0.5) is 4.39 Å². The second kappa shape index (κ2) is 5.05. The highest BCUT2D eigenvalue weighted by atomic mass is 19.1. The van der Waals surface area contributed by atoms with Crippen LogP contribution in [0.1, 0.15) is 44.7 Å². The van der Waals surface area contributed by atoms with E-state index < -0.39 is 0 Å². The van der Waals surface area contributed by atoms with E-state index in [1.165, 1.54) is 12.1 Å². The summed E-state index contributed by atoms with van der Waals surface area (Å²) in [7, 11) is 0. The second-order valence-electron chi connectivity index (χ2n) is 4.76. The van der Waals surface area contributed by atoms with Gasteiger partial charge in [-0.1, -0.05) is 19.9 Å². The molecule has 1 aliphatic rings. The molecule has 1 aliphatic heterocycles. The van der Waals surface area contributed by atoms with Crippen LogP contribution in [0.15, 0.2) is 18.2 Å². The molecule has 2 rings (SSSR count). The van der Waals surface area contributed by atoms with Crippen LogP contribution in [0, 0.1) is 11.7 Å². The molecule has 1 unspecified atom stereocenters. The highest BCUT2D eigenvalue weighted by molar-refractivity contribution is 5.38. The topological polar surface area (TPSA) is 35.2 Å². The van der Waals surface area contributed by atoms with Crippen molar-refractivity contribution in [1.29, 1.82) is 0 Å². The zero-order chi connectivity index (χ0) is 12.4. The summed E-state index contributed by atoms with van der Waals surface area (Å²) in [5, 5.41) is 0. The van der Waals surface area contributed by atoms with Crippen molar-refractivity contribution in [3.8, 4) is 5.75 Å². The minimum Gasteiger partial charge on any atom is -0.490 e. The number of ether oxygens (including phenoxy) is 1. The first-order chi connectivity index (χ1) is 8.15. The lowest BCUT2D eigenvalue weighted by atomic mass is 9.87. The molecule has 3 heteroatoms. The van der Waals surface area contributed by atoms with Crippen LogP contribution in [0.3, 0.4) is 0 Å². The van der Waals surface area contributed by atoms with Crippen LogP contribution < -0.4 is 10.5 Å². The summed E-state index contributed by atoms with van der Waals surface area (Å²) in [4.78, 5) is 0. The molecular formula is C14H20FNO. The Bertz CT molecular complexity index is 390. The van der Waals surface area contributed by atoms with E-state index in [2.05, 4.69) is 13.8 Å². The molecule has 2 atom stereocenters. The molecule has 0 aliphatic carbocycles. The summed E-state index contributed by atoms with van der Waals surface area (Å²) in [5.74, 6) is 0.860. The van der Waals surface area contributed by atoms with E-state index in [9.17, 15) is 4.39 Å². The van der Waals surface area contributed by atoms with Crippen molar-refractivity contribution >= 4 is 0 Å². The number of hydrogen-bond acceptors (Lipinski definition) is 2. The van der Waals surface area contributed by atoms with Gasteiger partial charge in [-0.25, -0.2) is 4.39 Å². The van der Waals surface area contributed by atoms with Crippen molar-refractivity contribution in [2.75, 3.05) is 0 Å². The van der Waals surface area contributed by atoms with Crippen LogP contribution in [-0.4, -0.2) is 6.10 Å². The lowest BCUT2D eigenvalue weighted by Crippen LogP contribution is -2.35. The van der Waals surface area contributed by atoms with E-state index in [-0.39, 0.29) is 18.0 Å². The molecule has 0 aromatic heterocycles. The largest absolute Gasteiger partial charge is 0.490 e. The monoisotopic (exact) mass is 237 g/mol. The summed E-state index contributed by atoms with van der Waals surface area (Å²) in [6, 6.07) is 4.59. The van der Waals surface area contributed by atoms with Crippen LogP contribution in [0.5, 0.6) is 5.75 Å². The third kappa shape index (κ3) is 2.44. The van der Waals surface area contributed by atoms with Crippen LogP contribution in [0.25, 0.3) is 0 Å². The molecule has 0 saturated carbocycles. The number of rotatable bonds is 3. The van der Waals surface area contributed by atoms with E-state index >= 15 is 0 Å². The van der Waals surface area contributed by atoms with Crippen molar-refractivity contribution in [1.82, 2.24) is 0 Å². The SMILES string of the molecule is CCC(CC)C1C[C@@H](N)c2ccc(F)cc2O1. The maximum atomic E-state index is 13.2. The van der Waals surface area contributed by atoms with Gasteiger partial charge in [0.2, 0.25) is 0 Å². The number of benzene rings is 1. The van der Waals surface area contributed by atoms with E-state index in [0.29, 0.717) is 11.7 Å². The van der Waals surface area contributed by atoms with Gasteiger partial charge in [0.05, 0.1) is 0 Å². The Balaban J connectivity index is 2.25. The predicted molar refractivity (Wildman–Crippen MR) is 66.4 cm³/mol. The summed E-state index contributed by atoms with van der Waals surface area (Å²) in [5.41, 5.74) is 7.06. The maximum absolute atomic E-state index is 13.2. The molecule has 94 valence electrons. The molecule has 2 N–H and O–H groups in total. The predicted octanol–water partition coefficient (Wildman–Crippen LogP) is 3.41. The van der Waals surface area contributed by atoms with Crippen LogP contribution in [0.2, 0.25) is 0 Å². The zero-order valence-electron chi connectivity index (χ0n) is 10.4. The molecule has 0 fully saturated rings. The Morgan fingerprint density at radius 2 is 2.12 bits per heavy atom. The molecule has 0 amide bonds. The minimum atomic E-state index is -0.263. The van der Waals surface area contributed by atoms with Crippen molar-refractivity contribution in [3.05, 3.63) is 29.6 Å². The standard InChI is InChI=1S/C14H20FNO/c1-3-9(4-2)13-8-12(16)11-6-5-10(15)7-14(11)17-13/h5-7,9,12-13H,3-4,8,16H2,1-2H3/t12-,13?/m1/s1. The Hall–Kier alpha value is -1.09. The molecule has 0 saturated heterocycles. The van der Waals surface area contributed by atoms with Crippen molar-refractivity contribution in [3.63, 3.8) is 0 Å². The van der Waals surface area contributed by atoms with E-state index in [1.807, 2.05) is 0 Å². The molecule has 1 heterocycles. The Morgan fingerprint density at radius 1 is 1.41 bits per heavy atom. The average molecular weight is 237 g/mol. The molecule has 1 aromatic carbocycles. The second-order valence-corrected chi connectivity index (χ2v) is 4.76. The first-order valence-corrected chi connectivity index (χ1v) is 6.37. The zero-order valence-corrected chi connectivity index (χ0v) is 10.4. The van der Waals surface area contributed by atoms with Gasteiger partial charge < -0.3 is 10.5 Å². The third-order valence-corrected chi connectivity index (χ3v) is 3.71. The van der Waals surface area contributed by atoms with Gasteiger partial charge in [0.15, 0.2) is 0 Å². The fourth-order valence-electron chi connectivity index (χ4n) is 2.61. The minimum absolute atomic E-state index is 0.0371. The Morgan fingerprint density at radius 3 is 2.76 bits per heavy atom. The highest BCUT2D eigenvalue weighted by Crippen LogP contribution is 2.37. The molecule has 0 spiro atoms. The Kier molecular flexibility index (Phi) is 3.67. The maximum Gasteiger partial charge on any atom is 0.127 e. The van der Waals surface area contributed by atoms with Gasteiger partial charge >= 0.3 is 0 Å². The Labute approximate surface area is 102 Å². The molecular weight excluding hydrogens is 217 g/mol. The molecule has 2 nitrogen and oxygen atoms in total.